The second kappa shape index (κ2) is 6.30. The molecule has 3 rings (SSSR count). The quantitative estimate of drug-likeness (QED) is 0.878. The molecule has 0 radical (unpaired) electrons. The minimum atomic E-state index is -0.0423. The van der Waals surface area contributed by atoms with E-state index in [0.717, 1.165) is 38.5 Å². The maximum atomic E-state index is 12.4. The molecule has 6 nitrogen and oxygen atoms in total. The zero-order valence-corrected chi connectivity index (χ0v) is 12.1. The van der Waals surface area contributed by atoms with Crippen molar-refractivity contribution in [1.82, 2.24) is 15.1 Å². The van der Waals surface area contributed by atoms with Gasteiger partial charge in [0.1, 0.15) is 5.76 Å². The van der Waals surface area contributed by atoms with Gasteiger partial charge in [0.15, 0.2) is 0 Å². The van der Waals surface area contributed by atoms with Crippen molar-refractivity contribution >= 4 is 11.8 Å². The summed E-state index contributed by atoms with van der Waals surface area (Å²) in [4.78, 5) is 27.8. The maximum absolute atomic E-state index is 12.4. The smallest absolute Gasteiger partial charge is 0.227 e. The monoisotopic (exact) mass is 291 g/mol. The summed E-state index contributed by atoms with van der Waals surface area (Å²) >= 11 is 0. The molecule has 21 heavy (non-hydrogen) atoms. The van der Waals surface area contributed by atoms with Crippen molar-refractivity contribution in [3.63, 3.8) is 0 Å². The summed E-state index contributed by atoms with van der Waals surface area (Å²) in [6, 6.07) is 3.87. The van der Waals surface area contributed by atoms with Crippen LogP contribution < -0.4 is 5.32 Å². The second-order valence-corrected chi connectivity index (χ2v) is 5.72. The molecule has 1 atom stereocenters. The third-order valence-electron chi connectivity index (χ3n) is 4.26. The molecule has 0 bridgehead atoms. The number of furan rings is 1. The van der Waals surface area contributed by atoms with Crippen LogP contribution in [0.5, 0.6) is 0 Å². The minimum absolute atomic E-state index is 0.0423. The molecule has 2 aliphatic rings. The molecular weight excluding hydrogens is 270 g/mol. The normalized spacial score (nSPS) is 23.9. The molecule has 1 aromatic rings. The van der Waals surface area contributed by atoms with Gasteiger partial charge in [-0.2, -0.15) is 0 Å². The Morgan fingerprint density at radius 2 is 2.14 bits per heavy atom. The first-order valence-electron chi connectivity index (χ1n) is 7.52. The van der Waals surface area contributed by atoms with Crippen LogP contribution in [0.2, 0.25) is 0 Å². The van der Waals surface area contributed by atoms with E-state index in [9.17, 15) is 9.59 Å². The largest absolute Gasteiger partial charge is 0.468 e. The van der Waals surface area contributed by atoms with Gasteiger partial charge in [-0.05, 0) is 18.6 Å². The highest BCUT2D eigenvalue weighted by Crippen LogP contribution is 2.16. The molecular formula is C15H21N3O3. The summed E-state index contributed by atoms with van der Waals surface area (Å²) in [7, 11) is 0. The van der Waals surface area contributed by atoms with Gasteiger partial charge in [-0.25, -0.2) is 0 Å². The predicted octanol–water partition coefficient (Wildman–Crippen LogP) is 0.450. The van der Waals surface area contributed by atoms with Crippen molar-refractivity contribution in [1.29, 1.82) is 0 Å². The minimum Gasteiger partial charge on any atom is -0.468 e. The van der Waals surface area contributed by atoms with E-state index in [1.165, 1.54) is 0 Å². The van der Waals surface area contributed by atoms with Crippen LogP contribution in [-0.2, 0) is 16.1 Å². The van der Waals surface area contributed by atoms with Crippen molar-refractivity contribution < 1.29 is 14.0 Å². The van der Waals surface area contributed by atoms with Crippen LogP contribution in [0.4, 0.5) is 0 Å². The summed E-state index contributed by atoms with van der Waals surface area (Å²) < 4.78 is 5.35. The van der Waals surface area contributed by atoms with Crippen molar-refractivity contribution in [3.8, 4) is 0 Å². The fourth-order valence-corrected chi connectivity index (χ4v) is 2.95. The van der Waals surface area contributed by atoms with Crippen molar-refractivity contribution in [2.75, 3.05) is 32.7 Å². The third-order valence-corrected chi connectivity index (χ3v) is 4.26. The van der Waals surface area contributed by atoms with E-state index >= 15 is 0 Å². The molecule has 1 aromatic heterocycles. The average Bonchev–Trinajstić information content (AvgIpc) is 3.01. The number of nitrogens with zero attached hydrogens (tertiary/aromatic N) is 2. The number of hydrogen-bond donors (Lipinski definition) is 1. The summed E-state index contributed by atoms with van der Waals surface area (Å²) in [5, 5.41) is 2.78. The van der Waals surface area contributed by atoms with Crippen LogP contribution in [0.1, 0.15) is 18.6 Å². The molecule has 2 fully saturated rings. The first-order chi connectivity index (χ1) is 10.2. The second-order valence-electron chi connectivity index (χ2n) is 5.72. The van der Waals surface area contributed by atoms with E-state index < -0.39 is 0 Å². The Hall–Kier alpha value is -1.82. The van der Waals surface area contributed by atoms with Crippen LogP contribution in [0.15, 0.2) is 22.8 Å². The molecule has 0 spiro atoms. The van der Waals surface area contributed by atoms with Crippen molar-refractivity contribution in [3.05, 3.63) is 24.2 Å². The Balaban J connectivity index is 1.46. The van der Waals surface area contributed by atoms with E-state index in [4.69, 9.17) is 4.42 Å². The fourth-order valence-electron chi connectivity index (χ4n) is 2.95. The Morgan fingerprint density at radius 1 is 1.33 bits per heavy atom. The highest BCUT2D eigenvalue weighted by atomic mass is 16.3. The van der Waals surface area contributed by atoms with Crippen LogP contribution >= 0.6 is 0 Å². The van der Waals surface area contributed by atoms with Gasteiger partial charge in [0.2, 0.25) is 11.8 Å². The lowest BCUT2D eigenvalue weighted by Gasteiger charge is -2.36. The topological polar surface area (TPSA) is 65.8 Å². The summed E-state index contributed by atoms with van der Waals surface area (Å²) in [5.74, 6) is 1.17. The Morgan fingerprint density at radius 3 is 2.76 bits per heavy atom. The molecule has 1 N–H and O–H groups in total. The number of hydrogen-bond acceptors (Lipinski definition) is 4. The maximum Gasteiger partial charge on any atom is 0.227 e. The molecule has 2 amide bonds. The molecule has 0 aliphatic carbocycles. The van der Waals surface area contributed by atoms with Crippen molar-refractivity contribution in [2.45, 2.75) is 19.4 Å². The number of piperazine rings is 1. The molecule has 0 aromatic carbocycles. The zero-order valence-electron chi connectivity index (χ0n) is 12.1. The van der Waals surface area contributed by atoms with E-state index in [-0.39, 0.29) is 17.7 Å². The molecule has 114 valence electrons. The number of rotatable bonds is 3. The number of piperidine rings is 1. The van der Waals surface area contributed by atoms with Gasteiger partial charge in [0.25, 0.3) is 0 Å². The van der Waals surface area contributed by atoms with Gasteiger partial charge in [0.05, 0.1) is 18.7 Å². The number of carbonyl (C=O) groups is 2. The number of nitrogens with one attached hydrogen (secondary N) is 1. The Kier molecular flexibility index (Phi) is 4.24. The van der Waals surface area contributed by atoms with Crippen molar-refractivity contribution in [2.24, 2.45) is 5.92 Å². The molecule has 1 unspecified atom stereocenters. The summed E-state index contributed by atoms with van der Waals surface area (Å²) in [6.45, 7) is 4.53. The molecule has 0 saturated carbocycles. The first kappa shape index (κ1) is 14.1. The van der Waals surface area contributed by atoms with Crippen LogP contribution in [-0.4, -0.2) is 54.3 Å². The lowest BCUT2D eigenvalue weighted by molar-refractivity contribution is -0.139. The number of amides is 2. The van der Waals surface area contributed by atoms with Gasteiger partial charge in [-0.3, -0.25) is 14.5 Å². The fraction of sp³-hybridized carbons (Fsp3) is 0.600. The molecule has 6 heteroatoms. The third kappa shape index (κ3) is 3.44. The van der Waals surface area contributed by atoms with E-state index in [0.29, 0.717) is 19.4 Å². The highest BCUT2D eigenvalue weighted by molar-refractivity contribution is 5.83. The molecule has 2 aliphatic heterocycles. The average molecular weight is 291 g/mol. The predicted molar refractivity (Wildman–Crippen MR) is 76.3 cm³/mol. The van der Waals surface area contributed by atoms with Gasteiger partial charge in [0, 0.05) is 39.1 Å². The van der Waals surface area contributed by atoms with E-state index in [1.54, 1.807) is 6.26 Å². The SMILES string of the molecule is O=C1CCC(C(=O)N2CCN(Cc3ccco3)CC2)CN1. The van der Waals surface area contributed by atoms with Gasteiger partial charge in [-0.15, -0.1) is 0 Å². The van der Waals surface area contributed by atoms with E-state index in [2.05, 4.69) is 10.2 Å². The lowest BCUT2D eigenvalue weighted by Crippen LogP contribution is -2.52. The summed E-state index contributed by atoms with van der Waals surface area (Å²) in [5.41, 5.74) is 0. The zero-order chi connectivity index (χ0) is 14.7. The molecule has 2 saturated heterocycles. The Labute approximate surface area is 124 Å². The highest BCUT2D eigenvalue weighted by Gasteiger charge is 2.30. The molecule has 3 heterocycles. The standard InChI is InChI=1S/C15H21N3O3/c19-14-4-3-12(10-16-14)15(20)18-7-5-17(6-8-18)11-13-2-1-9-21-13/h1-2,9,12H,3-8,10-11H2,(H,16,19). The first-order valence-corrected chi connectivity index (χ1v) is 7.52. The van der Waals surface area contributed by atoms with E-state index in [1.807, 2.05) is 17.0 Å². The lowest BCUT2D eigenvalue weighted by atomic mass is 9.97. The van der Waals surface area contributed by atoms with Crippen LogP contribution in [0.25, 0.3) is 0 Å². The van der Waals surface area contributed by atoms with Gasteiger partial charge >= 0.3 is 0 Å². The van der Waals surface area contributed by atoms with Gasteiger partial charge in [-0.1, -0.05) is 0 Å². The summed E-state index contributed by atoms with van der Waals surface area (Å²) in [6.07, 6.45) is 2.83. The number of carbonyl (C=O) groups excluding carboxylic acids is 2. The Bertz CT molecular complexity index is 482. The van der Waals surface area contributed by atoms with Gasteiger partial charge < -0.3 is 14.6 Å². The van der Waals surface area contributed by atoms with Crippen LogP contribution in [0, 0.1) is 5.92 Å². The van der Waals surface area contributed by atoms with Crippen LogP contribution in [0.3, 0.4) is 0 Å².